The molecular formula is C16H28MgN2O8S2. The van der Waals surface area contributed by atoms with Gasteiger partial charge in [0.15, 0.2) is 0 Å². The molecule has 2 amide bonds. The second kappa shape index (κ2) is 12.0. The van der Waals surface area contributed by atoms with Crippen LogP contribution in [0.25, 0.3) is 0 Å². The van der Waals surface area contributed by atoms with Gasteiger partial charge < -0.3 is 19.7 Å². The first kappa shape index (κ1) is 32.7. The van der Waals surface area contributed by atoms with Crippen LogP contribution in [0, 0.1) is 0 Å². The third kappa shape index (κ3) is 12.3. The Morgan fingerprint density at radius 1 is 0.759 bits per heavy atom. The quantitative estimate of drug-likeness (QED) is 0.278. The van der Waals surface area contributed by atoms with Crippen LogP contribution in [-0.4, -0.2) is 83.4 Å². The summed E-state index contributed by atoms with van der Waals surface area (Å²) >= 11 is 0. The van der Waals surface area contributed by atoms with E-state index in [9.17, 15) is 35.5 Å². The van der Waals surface area contributed by atoms with Gasteiger partial charge in [-0.2, -0.15) is 0 Å². The molecule has 0 heterocycles. The summed E-state index contributed by atoms with van der Waals surface area (Å²) in [4.78, 5) is 22.0. The van der Waals surface area contributed by atoms with Crippen molar-refractivity contribution < 1.29 is 35.5 Å². The van der Waals surface area contributed by atoms with E-state index in [1.54, 1.807) is 0 Å². The molecule has 0 aliphatic carbocycles. The molecule has 0 rings (SSSR count). The summed E-state index contributed by atoms with van der Waals surface area (Å²) in [5.41, 5.74) is 0.535. The van der Waals surface area contributed by atoms with Crippen LogP contribution in [0.1, 0.15) is 41.5 Å². The molecule has 164 valence electrons. The van der Waals surface area contributed by atoms with Crippen molar-refractivity contribution in [3.05, 3.63) is 24.3 Å². The van der Waals surface area contributed by atoms with E-state index in [0.717, 1.165) is 0 Å². The van der Waals surface area contributed by atoms with E-state index in [4.69, 9.17) is 0 Å². The zero-order valence-electron chi connectivity index (χ0n) is 17.6. The van der Waals surface area contributed by atoms with Crippen LogP contribution in [-0.2, 0) is 29.8 Å². The summed E-state index contributed by atoms with van der Waals surface area (Å²) in [5.74, 6) is -0.913. The second-order valence-electron chi connectivity index (χ2n) is 7.35. The smallest absolute Gasteiger partial charge is 0.747 e. The molecule has 0 saturated heterocycles. The number of hydrogen-bond donors (Lipinski definition) is 2. The van der Waals surface area contributed by atoms with E-state index < -0.39 is 41.5 Å². The maximum atomic E-state index is 11.0. The fraction of sp³-hybridized carbons (Fsp3) is 0.625. The van der Waals surface area contributed by atoms with Crippen molar-refractivity contribution in [2.45, 2.75) is 51.0 Å². The topological polar surface area (TPSA) is 173 Å². The number of carbonyl (C=O) groups excluding carboxylic acids is 2. The minimum absolute atomic E-state index is 0. The van der Waals surface area contributed by atoms with Gasteiger partial charge in [0, 0.05) is 24.2 Å². The minimum atomic E-state index is -4.42. The molecule has 2 N–H and O–H groups in total. The molecule has 0 aromatic carbocycles. The average Bonchev–Trinajstić information content (AvgIpc) is 2.48. The van der Waals surface area contributed by atoms with Crippen molar-refractivity contribution in [1.29, 1.82) is 0 Å². The van der Waals surface area contributed by atoms with Crippen molar-refractivity contribution in [2.24, 2.45) is 0 Å². The summed E-state index contributed by atoms with van der Waals surface area (Å²) in [6.07, 6.45) is 0. The first-order valence-corrected chi connectivity index (χ1v) is 10.8. The van der Waals surface area contributed by atoms with Gasteiger partial charge in [-0.1, -0.05) is 13.2 Å². The minimum Gasteiger partial charge on any atom is -0.747 e. The fourth-order valence-electron chi connectivity index (χ4n) is 1.06. The van der Waals surface area contributed by atoms with Crippen LogP contribution in [0.15, 0.2) is 24.3 Å². The Balaban J connectivity index is -0.000000451. The van der Waals surface area contributed by atoms with Crippen LogP contribution in [0.3, 0.4) is 0 Å². The molecule has 0 aromatic rings. The molecule has 29 heavy (non-hydrogen) atoms. The van der Waals surface area contributed by atoms with Gasteiger partial charge >= 0.3 is 23.1 Å². The zero-order valence-corrected chi connectivity index (χ0v) is 20.7. The fourth-order valence-corrected chi connectivity index (χ4v) is 1.56. The predicted molar refractivity (Wildman–Crippen MR) is 109 cm³/mol. The van der Waals surface area contributed by atoms with E-state index in [0.29, 0.717) is 0 Å². The molecular weight excluding hydrogens is 437 g/mol. The molecule has 0 aliphatic heterocycles. The predicted octanol–water partition coefficient (Wildman–Crippen LogP) is -0.376. The largest absolute Gasteiger partial charge is 2.00 e. The molecule has 0 aromatic heterocycles. The van der Waals surface area contributed by atoms with Crippen molar-refractivity contribution in [3.8, 4) is 0 Å². The van der Waals surface area contributed by atoms with Gasteiger partial charge in [-0.25, -0.2) is 16.8 Å². The van der Waals surface area contributed by atoms with E-state index >= 15 is 0 Å². The Morgan fingerprint density at radius 2 is 0.966 bits per heavy atom. The number of amides is 2. The molecule has 13 heteroatoms. The third-order valence-corrected chi connectivity index (χ3v) is 6.47. The van der Waals surface area contributed by atoms with Gasteiger partial charge in [-0.15, -0.1) is 0 Å². The van der Waals surface area contributed by atoms with Crippen LogP contribution in [0.5, 0.6) is 0 Å². The van der Waals surface area contributed by atoms with Gasteiger partial charge in [-0.3, -0.25) is 9.59 Å². The SMILES string of the molecule is C=C(C)C(=O)NCC(C)(C)S(=O)(=O)[O-].C=C(C)C(=O)NCC(C)(C)S(=O)(=O)[O-].[Mg+2]. The van der Waals surface area contributed by atoms with Gasteiger partial charge in [0.1, 0.15) is 20.2 Å². The number of nitrogens with one attached hydrogen (secondary N) is 2. The van der Waals surface area contributed by atoms with E-state index in [1.165, 1.54) is 41.5 Å². The molecule has 0 radical (unpaired) electrons. The van der Waals surface area contributed by atoms with E-state index in [-0.39, 0.29) is 47.3 Å². The molecule has 0 fully saturated rings. The van der Waals surface area contributed by atoms with Gasteiger partial charge in [-0.05, 0) is 41.5 Å². The maximum Gasteiger partial charge on any atom is 2.00 e. The van der Waals surface area contributed by atoms with Gasteiger partial charge in [0.25, 0.3) is 0 Å². The first-order chi connectivity index (χ1) is 12.2. The van der Waals surface area contributed by atoms with Crippen molar-refractivity contribution in [2.75, 3.05) is 13.1 Å². The van der Waals surface area contributed by atoms with E-state index in [2.05, 4.69) is 23.8 Å². The van der Waals surface area contributed by atoms with Crippen LogP contribution >= 0.6 is 0 Å². The molecule has 0 bridgehead atoms. The summed E-state index contributed by atoms with van der Waals surface area (Å²) in [5, 5.41) is 4.62. The zero-order chi connectivity index (χ0) is 23.1. The molecule has 0 unspecified atom stereocenters. The Hall–Kier alpha value is -0.994. The molecule has 10 nitrogen and oxygen atoms in total. The maximum absolute atomic E-state index is 11.0. The Kier molecular flexibility index (Phi) is 13.5. The Morgan fingerprint density at radius 3 is 1.10 bits per heavy atom. The summed E-state index contributed by atoms with van der Waals surface area (Å²) in [6, 6.07) is 0. The van der Waals surface area contributed by atoms with Crippen LogP contribution < -0.4 is 10.6 Å². The Bertz CT molecular complexity index is 761. The molecule has 0 spiro atoms. The molecule has 0 aliphatic rings. The monoisotopic (exact) mass is 464 g/mol. The summed E-state index contributed by atoms with van der Waals surface area (Å²) in [7, 11) is -8.84. The van der Waals surface area contributed by atoms with Crippen molar-refractivity contribution in [1.82, 2.24) is 10.6 Å². The van der Waals surface area contributed by atoms with Crippen LogP contribution in [0.2, 0.25) is 0 Å². The normalized spacial score (nSPS) is 11.9. The van der Waals surface area contributed by atoms with Gasteiger partial charge in [0.05, 0.1) is 9.49 Å². The molecule has 0 saturated carbocycles. The van der Waals surface area contributed by atoms with Crippen molar-refractivity contribution in [3.63, 3.8) is 0 Å². The average molecular weight is 465 g/mol. The number of carbonyl (C=O) groups is 2. The number of hydrogen-bond acceptors (Lipinski definition) is 8. The van der Waals surface area contributed by atoms with E-state index in [1.807, 2.05) is 0 Å². The standard InChI is InChI=1S/2C8H15NO4S.Mg/c2*1-6(2)7(10)9-5-8(3,4)14(11,12)13;/h2*1,5H2,2-4H3,(H,9,10)(H,11,12,13);/q;;+2/p-2. The first-order valence-electron chi connectivity index (χ1n) is 7.94. The summed E-state index contributed by atoms with van der Waals surface area (Å²) in [6.45, 7) is 14.3. The second-order valence-corrected chi connectivity index (χ2v) is 11.4. The molecule has 0 atom stereocenters. The summed E-state index contributed by atoms with van der Waals surface area (Å²) < 4.78 is 61.2. The number of rotatable bonds is 8. The Labute approximate surface area is 189 Å². The van der Waals surface area contributed by atoms with Crippen LogP contribution in [0.4, 0.5) is 0 Å². The van der Waals surface area contributed by atoms with Gasteiger partial charge in [0.2, 0.25) is 11.8 Å². The third-order valence-electron chi connectivity index (χ3n) is 3.48. The van der Waals surface area contributed by atoms with Crippen molar-refractivity contribution >= 4 is 55.1 Å².